The highest BCUT2D eigenvalue weighted by Crippen LogP contribution is 2.18. The van der Waals surface area contributed by atoms with Gasteiger partial charge in [-0.25, -0.2) is 0 Å². The first-order valence-corrected chi connectivity index (χ1v) is 5.03. The summed E-state index contributed by atoms with van der Waals surface area (Å²) in [6, 6.07) is 10.0. The van der Waals surface area contributed by atoms with Crippen molar-refractivity contribution in [2.45, 2.75) is 6.16 Å². The van der Waals surface area contributed by atoms with E-state index in [0.717, 1.165) is 6.16 Å². The number of rotatable bonds is 3. The fraction of sp³-hybridized carbons (Fsp3) is 0.222. The van der Waals surface area contributed by atoms with Gasteiger partial charge in [-0.05, 0) is 20.3 Å². The SMILES string of the molecule is CNC(=O)PCc1ccccc1. The Kier molecular flexibility index (Phi) is 3.75. The molecule has 1 aromatic carbocycles. The summed E-state index contributed by atoms with van der Waals surface area (Å²) in [5.41, 5.74) is 1.35. The summed E-state index contributed by atoms with van der Waals surface area (Å²) in [4.78, 5) is 10.9. The summed E-state index contributed by atoms with van der Waals surface area (Å²) in [6.45, 7) is 0. The Morgan fingerprint density at radius 1 is 1.42 bits per heavy atom. The predicted octanol–water partition coefficient (Wildman–Crippen LogP) is 2.20. The Morgan fingerprint density at radius 3 is 2.67 bits per heavy atom. The molecule has 0 spiro atoms. The molecule has 0 bridgehead atoms. The largest absolute Gasteiger partial charge is 0.356 e. The Bertz CT molecular complexity index is 248. The molecule has 2 nitrogen and oxygen atoms in total. The summed E-state index contributed by atoms with van der Waals surface area (Å²) in [6.07, 6.45) is 0.848. The van der Waals surface area contributed by atoms with E-state index in [-0.39, 0.29) is 5.65 Å². The number of carbonyl (C=O) groups excluding carboxylic acids is 1. The van der Waals surface area contributed by atoms with Crippen LogP contribution in [-0.2, 0) is 6.16 Å². The number of carbonyl (C=O) groups is 1. The third-order valence-corrected chi connectivity index (χ3v) is 2.68. The molecule has 1 N–H and O–H groups in total. The van der Waals surface area contributed by atoms with Gasteiger partial charge in [0, 0.05) is 7.05 Å². The van der Waals surface area contributed by atoms with Gasteiger partial charge in [0.1, 0.15) is 0 Å². The molecule has 0 heterocycles. The van der Waals surface area contributed by atoms with Crippen LogP contribution in [0.1, 0.15) is 5.56 Å². The van der Waals surface area contributed by atoms with E-state index in [4.69, 9.17) is 0 Å². The first-order chi connectivity index (χ1) is 5.83. The van der Waals surface area contributed by atoms with Crippen molar-refractivity contribution >= 4 is 14.2 Å². The molecule has 12 heavy (non-hydrogen) atoms. The third-order valence-electron chi connectivity index (χ3n) is 1.52. The monoisotopic (exact) mass is 181 g/mol. The van der Waals surface area contributed by atoms with Crippen molar-refractivity contribution in [3.8, 4) is 0 Å². The highest BCUT2D eigenvalue weighted by Gasteiger charge is 1.97. The second-order valence-corrected chi connectivity index (χ2v) is 3.58. The molecule has 1 rings (SSSR count). The third kappa shape index (κ3) is 3.02. The normalized spacial score (nSPS) is 10.4. The van der Waals surface area contributed by atoms with E-state index in [1.807, 2.05) is 30.3 Å². The Hall–Kier alpha value is -0.880. The van der Waals surface area contributed by atoms with Crippen LogP contribution in [0.2, 0.25) is 0 Å². The van der Waals surface area contributed by atoms with Crippen molar-refractivity contribution in [3.05, 3.63) is 35.9 Å². The average molecular weight is 181 g/mol. The molecule has 0 saturated carbocycles. The minimum atomic E-state index is 0.124. The van der Waals surface area contributed by atoms with E-state index in [9.17, 15) is 4.79 Å². The molecule has 0 aliphatic rings. The zero-order valence-corrected chi connectivity index (χ0v) is 8.00. The lowest BCUT2D eigenvalue weighted by molar-refractivity contribution is 0.262. The van der Waals surface area contributed by atoms with Gasteiger partial charge < -0.3 is 5.32 Å². The molecule has 0 fully saturated rings. The number of nitrogens with one attached hydrogen (secondary N) is 1. The molecule has 0 aliphatic carbocycles. The Balaban J connectivity index is 2.38. The summed E-state index contributed by atoms with van der Waals surface area (Å²) >= 11 is 0. The minimum absolute atomic E-state index is 0.124. The molecule has 1 amide bonds. The minimum Gasteiger partial charge on any atom is -0.356 e. The molecule has 0 aliphatic heterocycles. The van der Waals surface area contributed by atoms with Gasteiger partial charge in [-0.15, -0.1) is 0 Å². The fourth-order valence-corrected chi connectivity index (χ4v) is 1.64. The van der Waals surface area contributed by atoms with E-state index in [2.05, 4.69) is 5.32 Å². The van der Waals surface area contributed by atoms with Crippen LogP contribution in [0, 0.1) is 0 Å². The summed E-state index contributed by atoms with van der Waals surface area (Å²) < 4.78 is 0. The van der Waals surface area contributed by atoms with E-state index in [1.165, 1.54) is 5.56 Å². The lowest BCUT2D eigenvalue weighted by atomic mass is 10.2. The van der Waals surface area contributed by atoms with Crippen molar-refractivity contribution in [2.24, 2.45) is 0 Å². The van der Waals surface area contributed by atoms with Crippen molar-refractivity contribution < 1.29 is 4.79 Å². The molecule has 0 saturated heterocycles. The first-order valence-electron chi connectivity index (χ1n) is 3.82. The van der Waals surface area contributed by atoms with Crippen LogP contribution in [0.3, 0.4) is 0 Å². The Labute approximate surface area is 74.2 Å². The maximum Gasteiger partial charge on any atom is 0.237 e. The summed E-state index contributed by atoms with van der Waals surface area (Å²) in [5, 5.41) is 2.61. The van der Waals surface area contributed by atoms with Crippen LogP contribution in [0.5, 0.6) is 0 Å². The average Bonchev–Trinajstić information content (AvgIpc) is 2.16. The van der Waals surface area contributed by atoms with Crippen LogP contribution in [-0.4, -0.2) is 12.7 Å². The lowest BCUT2D eigenvalue weighted by Crippen LogP contribution is -2.09. The van der Waals surface area contributed by atoms with E-state index in [1.54, 1.807) is 7.05 Å². The van der Waals surface area contributed by atoms with E-state index >= 15 is 0 Å². The van der Waals surface area contributed by atoms with Gasteiger partial charge in [0.15, 0.2) is 0 Å². The van der Waals surface area contributed by atoms with Crippen molar-refractivity contribution in [1.29, 1.82) is 0 Å². The number of amides is 1. The smallest absolute Gasteiger partial charge is 0.237 e. The van der Waals surface area contributed by atoms with Gasteiger partial charge in [0.25, 0.3) is 0 Å². The molecular weight excluding hydrogens is 169 g/mol. The summed E-state index contributed by atoms with van der Waals surface area (Å²) in [5.74, 6) is 0. The van der Waals surface area contributed by atoms with E-state index < -0.39 is 0 Å². The van der Waals surface area contributed by atoms with Gasteiger partial charge >= 0.3 is 0 Å². The second-order valence-electron chi connectivity index (χ2n) is 2.42. The molecular formula is C9H12NOP. The maximum atomic E-state index is 10.9. The zero-order chi connectivity index (χ0) is 8.81. The van der Waals surface area contributed by atoms with E-state index in [0.29, 0.717) is 8.58 Å². The van der Waals surface area contributed by atoms with Gasteiger partial charge in [-0.3, -0.25) is 4.79 Å². The van der Waals surface area contributed by atoms with Crippen LogP contribution >= 0.6 is 8.58 Å². The lowest BCUT2D eigenvalue weighted by Gasteiger charge is -1.99. The van der Waals surface area contributed by atoms with Gasteiger partial charge in [-0.1, -0.05) is 30.3 Å². The topological polar surface area (TPSA) is 29.1 Å². The van der Waals surface area contributed by atoms with Gasteiger partial charge in [-0.2, -0.15) is 0 Å². The second kappa shape index (κ2) is 4.89. The van der Waals surface area contributed by atoms with Crippen LogP contribution < -0.4 is 5.32 Å². The van der Waals surface area contributed by atoms with Crippen LogP contribution in [0.25, 0.3) is 0 Å². The van der Waals surface area contributed by atoms with Crippen LogP contribution in [0.4, 0.5) is 4.79 Å². The molecule has 3 heteroatoms. The van der Waals surface area contributed by atoms with Crippen molar-refractivity contribution in [1.82, 2.24) is 5.32 Å². The predicted molar refractivity (Wildman–Crippen MR) is 52.9 cm³/mol. The number of benzene rings is 1. The molecule has 1 aromatic rings. The molecule has 64 valence electrons. The highest BCUT2D eigenvalue weighted by atomic mass is 31.1. The Morgan fingerprint density at radius 2 is 2.08 bits per heavy atom. The zero-order valence-electron chi connectivity index (χ0n) is 7.00. The van der Waals surface area contributed by atoms with Crippen LogP contribution in [0.15, 0.2) is 30.3 Å². The summed E-state index contributed by atoms with van der Waals surface area (Å²) in [7, 11) is 2.00. The van der Waals surface area contributed by atoms with Gasteiger partial charge in [0.2, 0.25) is 5.65 Å². The highest BCUT2D eigenvalue weighted by molar-refractivity contribution is 7.56. The van der Waals surface area contributed by atoms with Gasteiger partial charge in [0.05, 0.1) is 0 Å². The molecule has 1 unspecified atom stereocenters. The van der Waals surface area contributed by atoms with Crippen molar-refractivity contribution in [2.75, 3.05) is 7.05 Å². The molecule has 0 aromatic heterocycles. The fourth-order valence-electron chi connectivity index (χ4n) is 0.867. The first kappa shape index (κ1) is 9.21. The number of hydrogen-bond acceptors (Lipinski definition) is 1. The van der Waals surface area contributed by atoms with Crippen molar-refractivity contribution in [3.63, 3.8) is 0 Å². The molecule has 0 radical (unpaired) electrons. The quantitative estimate of drug-likeness (QED) is 0.711. The molecule has 1 atom stereocenters. The maximum absolute atomic E-state index is 10.9. The number of hydrogen-bond donors (Lipinski definition) is 1. The standard InChI is InChI=1S/C9H12NOP/c1-10-9(11)12-7-8-5-3-2-4-6-8/h2-6,12H,7H2,1H3,(H,10,11).